The summed E-state index contributed by atoms with van der Waals surface area (Å²) in [6, 6.07) is 15.9. The number of benzene rings is 2. The number of carbonyl (C=O) groups excluding carboxylic acids is 1. The topological polar surface area (TPSA) is 68.5 Å². The van der Waals surface area contributed by atoms with E-state index in [1.807, 2.05) is 35.2 Å². The molecule has 30 heavy (non-hydrogen) atoms. The van der Waals surface area contributed by atoms with Crippen LogP contribution in [-0.4, -0.2) is 34.0 Å². The maximum absolute atomic E-state index is 13.1. The number of amides is 1. The van der Waals surface area contributed by atoms with Gasteiger partial charge in [-0.1, -0.05) is 47.6 Å². The summed E-state index contributed by atoms with van der Waals surface area (Å²) in [6.45, 7) is 2.00. The second kappa shape index (κ2) is 9.63. The third-order valence-corrected chi connectivity index (χ3v) is 5.23. The zero-order chi connectivity index (χ0) is 20.8. The second-order valence-electron chi connectivity index (χ2n) is 7.51. The minimum absolute atomic E-state index is 0.0289. The molecule has 0 spiro atoms. The number of hydrogen-bond acceptors (Lipinski definition) is 5. The van der Waals surface area contributed by atoms with E-state index in [2.05, 4.69) is 10.1 Å². The van der Waals surface area contributed by atoms with Gasteiger partial charge < -0.3 is 14.2 Å². The molecule has 1 unspecified atom stereocenters. The van der Waals surface area contributed by atoms with E-state index in [1.54, 1.807) is 12.1 Å². The maximum Gasteiger partial charge on any atom is 0.252 e. The molecule has 1 amide bonds. The SMILES string of the molecule is O=C(Cc1ccc(F)cc1)N1CCCC(c2noc(COCc3ccccc3)n2)C1. The van der Waals surface area contributed by atoms with Crippen molar-refractivity contribution in [2.45, 2.75) is 38.4 Å². The molecule has 1 aromatic heterocycles. The Bertz CT molecular complexity index is 959. The van der Waals surface area contributed by atoms with Crippen molar-refractivity contribution in [2.24, 2.45) is 0 Å². The fraction of sp³-hybridized carbons (Fsp3) is 0.348. The molecule has 3 aromatic rings. The standard InChI is InChI=1S/C23H24FN3O3/c24-20-10-8-17(9-11-20)13-22(28)27-12-4-7-19(14-27)23-25-21(30-26-23)16-29-15-18-5-2-1-3-6-18/h1-3,5-6,8-11,19H,4,7,12-16H2. The first-order chi connectivity index (χ1) is 14.7. The van der Waals surface area contributed by atoms with E-state index < -0.39 is 0 Å². The Morgan fingerprint density at radius 2 is 1.90 bits per heavy atom. The van der Waals surface area contributed by atoms with Gasteiger partial charge in [0.15, 0.2) is 5.82 Å². The van der Waals surface area contributed by atoms with Gasteiger partial charge in [-0.3, -0.25) is 4.79 Å². The fourth-order valence-electron chi connectivity index (χ4n) is 3.63. The zero-order valence-electron chi connectivity index (χ0n) is 16.7. The van der Waals surface area contributed by atoms with Gasteiger partial charge in [0.25, 0.3) is 5.89 Å². The van der Waals surface area contributed by atoms with Crippen LogP contribution < -0.4 is 0 Å². The number of hydrogen-bond donors (Lipinski definition) is 0. The number of aromatic nitrogens is 2. The molecule has 7 heteroatoms. The summed E-state index contributed by atoms with van der Waals surface area (Å²) in [5.74, 6) is 0.831. The summed E-state index contributed by atoms with van der Waals surface area (Å²) in [5.41, 5.74) is 1.89. The Morgan fingerprint density at radius 3 is 2.70 bits per heavy atom. The molecule has 1 aliphatic rings. The molecule has 6 nitrogen and oxygen atoms in total. The number of piperidine rings is 1. The van der Waals surface area contributed by atoms with E-state index in [0.29, 0.717) is 31.4 Å². The summed E-state index contributed by atoms with van der Waals surface area (Å²) in [7, 11) is 0. The maximum atomic E-state index is 13.1. The van der Waals surface area contributed by atoms with Crippen LogP contribution in [0.5, 0.6) is 0 Å². The van der Waals surface area contributed by atoms with Crippen molar-refractivity contribution < 1.29 is 18.4 Å². The smallest absolute Gasteiger partial charge is 0.252 e. The molecule has 0 saturated carbocycles. The summed E-state index contributed by atoms with van der Waals surface area (Å²) >= 11 is 0. The molecule has 4 rings (SSSR count). The highest BCUT2D eigenvalue weighted by atomic mass is 19.1. The van der Waals surface area contributed by atoms with Crippen molar-refractivity contribution in [3.63, 3.8) is 0 Å². The molecular formula is C23H24FN3O3. The van der Waals surface area contributed by atoms with E-state index in [-0.39, 0.29) is 30.7 Å². The number of nitrogens with zero attached hydrogens (tertiary/aromatic N) is 3. The van der Waals surface area contributed by atoms with Gasteiger partial charge in [0.2, 0.25) is 5.91 Å². The first-order valence-corrected chi connectivity index (χ1v) is 10.1. The highest BCUT2D eigenvalue weighted by molar-refractivity contribution is 5.79. The third-order valence-electron chi connectivity index (χ3n) is 5.23. The molecule has 0 aliphatic carbocycles. The minimum atomic E-state index is -0.301. The number of halogens is 1. The predicted octanol–water partition coefficient (Wildman–Crippen LogP) is 3.87. The van der Waals surface area contributed by atoms with Gasteiger partial charge in [-0.25, -0.2) is 4.39 Å². The quantitative estimate of drug-likeness (QED) is 0.593. The second-order valence-corrected chi connectivity index (χ2v) is 7.51. The third kappa shape index (κ3) is 5.30. The highest BCUT2D eigenvalue weighted by Gasteiger charge is 2.28. The van der Waals surface area contributed by atoms with Crippen LogP contribution >= 0.6 is 0 Å². The van der Waals surface area contributed by atoms with Crippen molar-refractivity contribution in [1.29, 1.82) is 0 Å². The molecule has 2 heterocycles. The van der Waals surface area contributed by atoms with Crippen LogP contribution in [0.3, 0.4) is 0 Å². The van der Waals surface area contributed by atoms with Crippen molar-refractivity contribution in [1.82, 2.24) is 15.0 Å². The molecule has 1 fully saturated rings. The first-order valence-electron chi connectivity index (χ1n) is 10.1. The molecule has 0 N–H and O–H groups in total. The van der Waals surface area contributed by atoms with Gasteiger partial charge in [-0.05, 0) is 36.1 Å². The Kier molecular flexibility index (Phi) is 6.49. The van der Waals surface area contributed by atoms with Crippen molar-refractivity contribution in [3.8, 4) is 0 Å². The lowest BCUT2D eigenvalue weighted by Crippen LogP contribution is -2.40. The Hall–Kier alpha value is -3.06. The van der Waals surface area contributed by atoms with Gasteiger partial charge in [0.05, 0.1) is 13.0 Å². The lowest BCUT2D eigenvalue weighted by atomic mass is 9.97. The first kappa shape index (κ1) is 20.2. The Balaban J connectivity index is 1.29. The summed E-state index contributed by atoms with van der Waals surface area (Å²) < 4.78 is 24.0. The van der Waals surface area contributed by atoms with Gasteiger partial charge in [-0.15, -0.1) is 0 Å². The molecule has 1 saturated heterocycles. The van der Waals surface area contributed by atoms with Crippen LogP contribution in [0, 0.1) is 5.82 Å². The molecule has 0 bridgehead atoms. The number of rotatable bonds is 7. The molecule has 2 aromatic carbocycles. The molecule has 0 radical (unpaired) electrons. The lowest BCUT2D eigenvalue weighted by molar-refractivity contribution is -0.131. The number of ether oxygens (including phenoxy) is 1. The van der Waals surface area contributed by atoms with Gasteiger partial charge in [0.1, 0.15) is 12.4 Å². The molecule has 1 aliphatic heterocycles. The molecule has 1 atom stereocenters. The number of likely N-dealkylation sites (tertiary alicyclic amines) is 1. The fourth-order valence-corrected chi connectivity index (χ4v) is 3.63. The van der Waals surface area contributed by atoms with E-state index in [0.717, 1.165) is 24.0 Å². The predicted molar refractivity (Wildman–Crippen MR) is 108 cm³/mol. The van der Waals surface area contributed by atoms with Gasteiger partial charge in [0, 0.05) is 19.0 Å². The zero-order valence-corrected chi connectivity index (χ0v) is 16.7. The van der Waals surface area contributed by atoms with Crippen LogP contribution in [0.15, 0.2) is 59.1 Å². The monoisotopic (exact) mass is 409 g/mol. The lowest BCUT2D eigenvalue weighted by Gasteiger charge is -2.31. The number of carbonyl (C=O) groups is 1. The van der Waals surface area contributed by atoms with Gasteiger partial charge >= 0.3 is 0 Å². The van der Waals surface area contributed by atoms with Crippen LogP contribution in [0.25, 0.3) is 0 Å². The van der Waals surface area contributed by atoms with E-state index in [9.17, 15) is 9.18 Å². The summed E-state index contributed by atoms with van der Waals surface area (Å²) in [6.07, 6.45) is 2.05. The van der Waals surface area contributed by atoms with Crippen LogP contribution in [0.1, 0.15) is 41.6 Å². The van der Waals surface area contributed by atoms with Crippen molar-refractivity contribution >= 4 is 5.91 Å². The van der Waals surface area contributed by atoms with E-state index in [4.69, 9.17) is 9.26 Å². The van der Waals surface area contributed by atoms with Crippen LogP contribution in [0.2, 0.25) is 0 Å². The van der Waals surface area contributed by atoms with Crippen LogP contribution in [-0.2, 0) is 29.2 Å². The van der Waals surface area contributed by atoms with E-state index in [1.165, 1.54) is 12.1 Å². The van der Waals surface area contributed by atoms with Crippen molar-refractivity contribution in [3.05, 3.63) is 83.3 Å². The Morgan fingerprint density at radius 1 is 1.10 bits per heavy atom. The normalized spacial score (nSPS) is 16.6. The summed E-state index contributed by atoms with van der Waals surface area (Å²) in [5, 5.41) is 4.11. The molecular weight excluding hydrogens is 385 g/mol. The minimum Gasteiger partial charge on any atom is -0.367 e. The molecule has 156 valence electrons. The Labute approximate surface area is 174 Å². The van der Waals surface area contributed by atoms with E-state index >= 15 is 0 Å². The average Bonchev–Trinajstić information content (AvgIpc) is 3.25. The highest BCUT2D eigenvalue weighted by Crippen LogP contribution is 2.25. The average molecular weight is 409 g/mol. The van der Waals surface area contributed by atoms with Gasteiger partial charge in [-0.2, -0.15) is 4.98 Å². The van der Waals surface area contributed by atoms with Crippen molar-refractivity contribution in [2.75, 3.05) is 13.1 Å². The van der Waals surface area contributed by atoms with Crippen LogP contribution in [0.4, 0.5) is 4.39 Å². The largest absolute Gasteiger partial charge is 0.367 e. The summed E-state index contributed by atoms with van der Waals surface area (Å²) in [4.78, 5) is 19.0.